The van der Waals surface area contributed by atoms with Gasteiger partial charge in [-0.05, 0) is 67.4 Å². The molecule has 0 amide bonds. The van der Waals surface area contributed by atoms with Crippen LogP contribution in [0.3, 0.4) is 0 Å². The highest BCUT2D eigenvalue weighted by atomic mass is 32.1. The fraction of sp³-hybridized carbons (Fsp3) is 0.333. The second-order valence-corrected chi connectivity index (χ2v) is 10.6. The first kappa shape index (κ1) is 20.1. The average molecular weight is 463 g/mol. The van der Waals surface area contributed by atoms with Crippen molar-refractivity contribution >= 4 is 42.8 Å². The normalized spacial score (nSPS) is 16.6. The van der Waals surface area contributed by atoms with Crippen molar-refractivity contribution in [2.45, 2.75) is 38.8 Å². The number of fused-ring (bicyclic) bond motifs is 2. The van der Waals surface area contributed by atoms with Crippen LogP contribution in [-0.4, -0.2) is 33.0 Å². The molecule has 164 valence electrons. The first-order valence-electron chi connectivity index (χ1n) is 11.3. The zero-order valence-electron chi connectivity index (χ0n) is 18.0. The zero-order chi connectivity index (χ0) is 21.5. The maximum atomic E-state index is 4.64. The Balaban J connectivity index is 1.27. The van der Waals surface area contributed by atoms with Gasteiger partial charge in [0.15, 0.2) is 0 Å². The van der Waals surface area contributed by atoms with Gasteiger partial charge in [-0.25, -0.2) is 9.97 Å². The molecule has 5 aromatic rings. The second kappa shape index (κ2) is 8.44. The molecule has 4 aromatic heterocycles. The van der Waals surface area contributed by atoms with Gasteiger partial charge in [-0.15, -0.1) is 22.7 Å². The lowest BCUT2D eigenvalue weighted by Crippen LogP contribution is -2.14. The van der Waals surface area contributed by atoms with Crippen molar-refractivity contribution < 1.29 is 0 Å². The number of H-pyrrole nitrogens is 2. The Kier molecular flexibility index (Phi) is 5.30. The smallest absolute Gasteiger partial charge is 0.123 e. The molecular weight excluding hydrogens is 436 g/mol. The monoisotopic (exact) mass is 462 g/mol. The van der Waals surface area contributed by atoms with Crippen LogP contribution >= 0.6 is 22.7 Å². The highest BCUT2D eigenvalue weighted by molar-refractivity contribution is 7.23. The summed E-state index contributed by atoms with van der Waals surface area (Å²) in [4.78, 5) is 18.6. The van der Waals surface area contributed by atoms with Gasteiger partial charge in [0.05, 0.1) is 46.1 Å². The molecule has 6 rings (SSSR count). The van der Waals surface area contributed by atoms with Gasteiger partial charge in [0.1, 0.15) is 11.6 Å². The Morgan fingerprint density at radius 3 is 2.38 bits per heavy atom. The second-order valence-electron chi connectivity index (χ2n) is 8.40. The van der Waals surface area contributed by atoms with Crippen LogP contribution in [0.2, 0.25) is 0 Å². The molecule has 6 nitrogen and oxygen atoms in total. The van der Waals surface area contributed by atoms with E-state index in [1.165, 1.54) is 36.3 Å². The minimum absolute atomic E-state index is 0.368. The van der Waals surface area contributed by atoms with Crippen LogP contribution in [0.1, 0.15) is 43.9 Å². The van der Waals surface area contributed by atoms with E-state index in [2.05, 4.69) is 61.8 Å². The first-order valence-corrected chi connectivity index (χ1v) is 12.9. The molecule has 0 radical (unpaired) electrons. The highest BCUT2D eigenvalue weighted by Gasteiger charge is 2.20. The van der Waals surface area contributed by atoms with Crippen LogP contribution in [-0.2, 0) is 6.54 Å². The molecule has 0 unspecified atom stereocenters. The van der Waals surface area contributed by atoms with E-state index < -0.39 is 0 Å². The number of nitrogens with one attached hydrogen (secondary N) is 4. The molecule has 4 N–H and O–H groups in total. The molecule has 5 heterocycles. The summed E-state index contributed by atoms with van der Waals surface area (Å²) in [6.45, 7) is 5.04. The molecule has 0 bridgehead atoms. The minimum Gasteiger partial charge on any atom is -0.340 e. The van der Waals surface area contributed by atoms with E-state index in [0.717, 1.165) is 55.5 Å². The number of imidazole rings is 2. The summed E-state index contributed by atoms with van der Waals surface area (Å²) in [5.41, 5.74) is 2.20. The number of aromatic amines is 2. The molecule has 8 heteroatoms. The molecule has 1 atom stereocenters. The minimum atomic E-state index is 0.368. The number of aromatic nitrogens is 4. The number of nitrogens with zero attached hydrogens (tertiary/aromatic N) is 2. The molecule has 0 aliphatic carbocycles. The predicted octanol–water partition coefficient (Wildman–Crippen LogP) is 5.82. The standard InChI is InChI=1S/C24H26N6S2/c1-2-5-25-13-23-27-11-17(29-23)21-9-14-7-20-15(8-19(14)31-21)10-22(32-20)18-12-28-24(30-18)16-4-3-6-26-16/h7-12,16,25-26H,2-6,13H2,1H3,(H,27,29)(H,28,30)/t16-/m0/s1. The van der Waals surface area contributed by atoms with Crippen molar-refractivity contribution in [3.8, 4) is 21.1 Å². The van der Waals surface area contributed by atoms with Gasteiger partial charge in [0.2, 0.25) is 0 Å². The van der Waals surface area contributed by atoms with Gasteiger partial charge < -0.3 is 20.6 Å². The van der Waals surface area contributed by atoms with E-state index in [9.17, 15) is 0 Å². The Bertz CT molecular complexity index is 1320. The van der Waals surface area contributed by atoms with Crippen molar-refractivity contribution in [2.75, 3.05) is 13.1 Å². The number of rotatable bonds is 7. The third kappa shape index (κ3) is 3.77. The van der Waals surface area contributed by atoms with Gasteiger partial charge in [-0.3, -0.25) is 0 Å². The van der Waals surface area contributed by atoms with Crippen LogP contribution in [0.25, 0.3) is 41.3 Å². The summed E-state index contributed by atoms with van der Waals surface area (Å²) in [7, 11) is 0. The first-order chi connectivity index (χ1) is 15.8. The van der Waals surface area contributed by atoms with E-state index in [0.29, 0.717) is 6.04 Å². The van der Waals surface area contributed by atoms with E-state index in [1.54, 1.807) is 0 Å². The lowest BCUT2D eigenvalue weighted by Gasteiger charge is -2.04. The third-order valence-electron chi connectivity index (χ3n) is 6.02. The fourth-order valence-corrected chi connectivity index (χ4v) is 6.47. The van der Waals surface area contributed by atoms with Crippen LogP contribution in [0.4, 0.5) is 0 Å². The van der Waals surface area contributed by atoms with Gasteiger partial charge >= 0.3 is 0 Å². The summed E-state index contributed by atoms with van der Waals surface area (Å²) in [6, 6.07) is 9.55. The van der Waals surface area contributed by atoms with Crippen LogP contribution in [0, 0.1) is 0 Å². The van der Waals surface area contributed by atoms with Crippen molar-refractivity contribution in [1.82, 2.24) is 30.6 Å². The molecule has 1 aliphatic rings. The van der Waals surface area contributed by atoms with Crippen molar-refractivity contribution in [1.29, 1.82) is 0 Å². The lowest BCUT2D eigenvalue weighted by atomic mass is 10.2. The largest absolute Gasteiger partial charge is 0.340 e. The SMILES string of the molecule is CCCNCc1ncc(-c2cc3cc4sc(-c5cnc([C@@H]6CCCN6)[nH]5)cc4cc3s2)[nH]1. The average Bonchev–Trinajstić information content (AvgIpc) is 3.60. The van der Waals surface area contributed by atoms with Crippen molar-refractivity contribution in [3.05, 3.63) is 48.3 Å². The fourth-order valence-electron chi connectivity index (χ4n) is 4.36. The maximum absolute atomic E-state index is 4.64. The van der Waals surface area contributed by atoms with Crippen LogP contribution < -0.4 is 10.6 Å². The predicted molar refractivity (Wildman–Crippen MR) is 134 cm³/mol. The number of thiophene rings is 2. The molecule has 0 spiro atoms. The van der Waals surface area contributed by atoms with E-state index >= 15 is 0 Å². The molecule has 1 fully saturated rings. The van der Waals surface area contributed by atoms with Crippen LogP contribution in [0.15, 0.2) is 36.7 Å². The summed E-state index contributed by atoms with van der Waals surface area (Å²) in [5.74, 6) is 2.05. The molecule has 1 aromatic carbocycles. The third-order valence-corrected chi connectivity index (χ3v) is 8.28. The quantitative estimate of drug-likeness (QED) is 0.230. The summed E-state index contributed by atoms with van der Waals surface area (Å²) in [5, 5.41) is 9.48. The van der Waals surface area contributed by atoms with Crippen molar-refractivity contribution in [3.63, 3.8) is 0 Å². The molecule has 0 saturated carbocycles. The summed E-state index contributed by atoms with van der Waals surface area (Å²) >= 11 is 3.64. The zero-order valence-corrected chi connectivity index (χ0v) is 19.6. The number of hydrogen-bond acceptors (Lipinski definition) is 6. The topological polar surface area (TPSA) is 81.4 Å². The van der Waals surface area contributed by atoms with E-state index in [4.69, 9.17) is 0 Å². The molecule has 1 saturated heterocycles. The van der Waals surface area contributed by atoms with Crippen LogP contribution in [0.5, 0.6) is 0 Å². The number of hydrogen-bond donors (Lipinski definition) is 4. The Morgan fingerprint density at radius 1 is 0.969 bits per heavy atom. The van der Waals surface area contributed by atoms with Crippen molar-refractivity contribution in [2.24, 2.45) is 0 Å². The molecule has 1 aliphatic heterocycles. The molecular formula is C24H26N6S2. The van der Waals surface area contributed by atoms with E-state index in [1.807, 2.05) is 35.1 Å². The maximum Gasteiger partial charge on any atom is 0.123 e. The summed E-state index contributed by atoms with van der Waals surface area (Å²) in [6.07, 6.45) is 7.43. The van der Waals surface area contributed by atoms with E-state index in [-0.39, 0.29) is 0 Å². The van der Waals surface area contributed by atoms with Gasteiger partial charge in [0, 0.05) is 9.40 Å². The summed E-state index contributed by atoms with van der Waals surface area (Å²) < 4.78 is 2.61. The Labute approximate surface area is 194 Å². The highest BCUT2D eigenvalue weighted by Crippen LogP contribution is 2.40. The van der Waals surface area contributed by atoms with Gasteiger partial charge in [-0.1, -0.05) is 6.92 Å². The van der Waals surface area contributed by atoms with Gasteiger partial charge in [0.25, 0.3) is 0 Å². The number of benzene rings is 1. The Morgan fingerprint density at radius 2 is 1.69 bits per heavy atom. The van der Waals surface area contributed by atoms with Gasteiger partial charge in [-0.2, -0.15) is 0 Å². The Hall–Kier alpha value is -2.52. The molecule has 32 heavy (non-hydrogen) atoms. The lowest BCUT2D eigenvalue weighted by molar-refractivity contribution is 0.613.